The number of hydrogen-bond donors (Lipinski definition) is 2. The van der Waals surface area contributed by atoms with Gasteiger partial charge in [-0.1, -0.05) is 11.6 Å². The van der Waals surface area contributed by atoms with Crippen LogP contribution in [-0.2, 0) is 0 Å². The lowest BCUT2D eigenvalue weighted by atomic mass is 10.2. The van der Waals surface area contributed by atoms with E-state index < -0.39 is 5.97 Å². The smallest absolute Gasteiger partial charge is 0.337 e. The van der Waals surface area contributed by atoms with Gasteiger partial charge in [0.05, 0.1) is 27.2 Å². The average Bonchev–Trinajstić information content (AvgIpc) is 2.91. The van der Waals surface area contributed by atoms with E-state index in [-0.39, 0.29) is 5.56 Å². The van der Waals surface area contributed by atoms with E-state index >= 15 is 0 Å². The summed E-state index contributed by atoms with van der Waals surface area (Å²) < 4.78 is 5.60. The number of nitrogens with one attached hydrogen (secondary N) is 1. The fourth-order valence-electron chi connectivity index (χ4n) is 2.02. The second-order valence-corrected chi connectivity index (χ2v) is 4.82. The van der Waals surface area contributed by atoms with Crippen molar-refractivity contribution in [3.8, 4) is 17.7 Å². The number of carboxylic acids is 1. The molecule has 0 aliphatic heterocycles. The Morgan fingerprint density at radius 3 is 2.91 bits per heavy atom. The van der Waals surface area contributed by atoms with Gasteiger partial charge in [-0.2, -0.15) is 5.26 Å². The minimum atomic E-state index is -1.06. The number of benzene rings is 1. The van der Waals surface area contributed by atoms with Crippen molar-refractivity contribution >= 4 is 28.6 Å². The second kappa shape index (κ2) is 5.39. The highest BCUT2D eigenvalue weighted by atomic mass is 35.5. The van der Waals surface area contributed by atoms with E-state index in [1.165, 1.54) is 18.3 Å². The Morgan fingerprint density at radius 1 is 1.36 bits per heavy atom. The molecule has 3 aromatic rings. The average molecular weight is 314 g/mol. The summed E-state index contributed by atoms with van der Waals surface area (Å²) in [7, 11) is 0. The molecule has 2 N–H and O–H groups in total. The van der Waals surface area contributed by atoms with Gasteiger partial charge in [-0.25, -0.2) is 4.79 Å². The molecule has 0 saturated heterocycles. The first-order valence-corrected chi connectivity index (χ1v) is 6.55. The van der Waals surface area contributed by atoms with Crippen LogP contribution in [0.2, 0.25) is 5.02 Å². The molecule has 0 aliphatic rings. The molecule has 2 heterocycles. The summed E-state index contributed by atoms with van der Waals surface area (Å²) in [6, 6.07) is 9.61. The van der Waals surface area contributed by atoms with Gasteiger partial charge in [-0.3, -0.25) is 4.98 Å². The summed E-state index contributed by atoms with van der Waals surface area (Å²) in [6.07, 6.45) is 1.42. The van der Waals surface area contributed by atoms with Crippen LogP contribution >= 0.6 is 11.6 Å². The first-order valence-electron chi connectivity index (χ1n) is 6.17. The third-order valence-electron chi connectivity index (χ3n) is 3.01. The summed E-state index contributed by atoms with van der Waals surface area (Å²) in [5.41, 5.74) is 1.25. The van der Waals surface area contributed by atoms with E-state index in [2.05, 4.69) is 9.97 Å². The molecule has 0 saturated carbocycles. The Bertz CT molecular complexity index is 927. The van der Waals surface area contributed by atoms with Gasteiger partial charge >= 0.3 is 5.97 Å². The number of aromatic amines is 1. The molecule has 0 fully saturated rings. The predicted molar refractivity (Wildman–Crippen MR) is 79.3 cm³/mol. The van der Waals surface area contributed by atoms with Crippen LogP contribution in [0.5, 0.6) is 11.6 Å². The normalized spacial score (nSPS) is 10.4. The number of nitrogens with zero attached hydrogens (tertiary/aromatic N) is 2. The SMILES string of the molecule is N#Cc1cc(Oc2cc3nccc(C(=O)O)c3[nH]2)ccc1Cl. The van der Waals surface area contributed by atoms with Crippen LogP contribution in [0.4, 0.5) is 0 Å². The minimum Gasteiger partial charge on any atom is -0.478 e. The standard InChI is InChI=1S/C15H8ClN3O3/c16-11-2-1-9(5-8(11)7-17)22-13-6-12-14(19-13)10(15(20)21)3-4-18-12/h1-6,19H,(H,20,21). The fourth-order valence-corrected chi connectivity index (χ4v) is 2.18. The zero-order valence-corrected chi connectivity index (χ0v) is 11.8. The molecule has 6 nitrogen and oxygen atoms in total. The number of aromatic carboxylic acids is 1. The molecule has 7 heteroatoms. The van der Waals surface area contributed by atoms with E-state index in [0.29, 0.717) is 33.2 Å². The van der Waals surface area contributed by atoms with Crippen LogP contribution in [0, 0.1) is 11.3 Å². The van der Waals surface area contributed by atoms with E-state index in [4.69, 9.17) is 26.7 Å². The number of halogens is 1. The highest BCUT2D eigenvalue weighted by molar-refractivity contribution is 6.31. The zero-order chi connectivity index (χ0) is 15.7. The van der Waals surface area contributed by atoms with Gasteiger partial charge < -0.3 is 14.8 Å². The molecular weight excluding hydrogens is 306 g/mol. The van der Waals surface area contributed by atoms with Gasteiger partial charge in [0.1, 0.15) is 11.8 Å². The van der Waals surface area contributed by atoms with E-state index in [1.54, 1.807) is 18.2 Å². The zero-order valence-electron chi connectivity index (χ0n) is 11.0. The highest BCUT2D eigenvalue weighted by Crippen LogP contribution is 2.28. The third kappa shape index (κ3) is 2.45. The van der Waals surface area contributed by atoms with Crippen molar-refractivity contribution in [3.63, 3.8) is 0 Å². The summed E-state index contributed by atoms with van der Waals surface area (Å²) >= 11 is 5.86. The maximum absolute atomic E-state index is 11.2. The largest absolute Gasteiger partial charge is 0.478 e. The van der Waals surface area contributed by atoms with Crippen LogP contribution in [0.1, 0.15) is 15.9 Å². The quantitative estimate of drug-likeness (QED) is 0.770. The second-order valence-electron chi connectivity index (χ2n) is 4.41. The van der Waals surface area contributed by atoms with Gasteiger partial charge in [0, 0.05) is 18.3 Å². The fraction of sp³-hybridized carbons (Fsp3) is 0. The van der Waals surface area contributed by atoms with Crippen molar-refractivity contribution in [2.75, 3.05) is 0 Å². The van der Waals surface area contributed by atoms with Crippen molar-refractivity contribution in [1.29, 1.82) is 5.26 Å². The number of fused-ring (bicyclic) bond motifs is 1. The Labute approximate surface area is 129 Å². The van der Waals surface area contributed by atoms with Crippen molar-refractivity contribution in [2.45, 2.75) is 0 Å². The molecule has 3 rings (SSSR count). The number of H-pyrrole nitrogens is 1. The summed E-state index contributed by atoms with van der Waals surface area (Å²) in [5.74, 6) is -0.328. The van der Waals surface area contributed by atoms with Gasteiger partial charge in [0.2, 0.25) is 0 Å². The monoisotopic (exact) mass is 313 g/mol. The number of carbonyl (C=O) groups is 1. The van der Waals surface area contributed by atoms with Crippen LogP contribution in [0.15, 0.2) is 36.5 Å². The first-order chi connectivity index (χ1) is 10.6. The lowest BCUT2D eigenvalue weighted by Gasteiger charge is -2.03. The number of rotatable bonds is 3. The molecule has 0 bridgehead atoms. The van der Waals surface area contributed by atoms with Gasteiger partial charge in [0.15, 0.2) is 5.88 Å². The van der Waals surface area contributed by atoms with Crippen molar-refractivity contribution in [2.24, 2.45) is 0 Å². The molecule has 0 radical (unpaired) electrons. The summed E-state index contributed by atoms with van der Waals surface area (Å²) in [5, 5.41) is 18.4. The molecule has 0 spiro atoms. The molecule has 2 aromatic heterocycles. The number of nitriles is 1. The molecule has 1 aromatic carbocycles. The highest BCUT2D eigenvalue weighted by Gasteiger charge is 2.13. The molecule has 0 amide bonds. The molecule has 0 atom stereocenters. The minimum absolute atomic E-state index is 0.105. The van der Waals surface area contributed by atoms with Gasteiger partial charge in [-0.15, -0.1) is 0 Å². The van der Waals surface area contributed by atoms with E-state index in [0.717, 1.165) is 0 Å². The van der Waals surface area contributed by atoms with Crippen LogP contribution < -0.4 is 4.74 Å². The predicted octanol–water partition coefficient (Wildman–Crippen LogP) is 3.58. The number of ether oxygens (including phenoxy) is 1. The molecule has 108 valence electrons. The van der Waals surface area contributed by atoms with Crippen LogP contribution in [-0.4, -0.2) is 21.0 Å². The van der Waals surface area contributed by atoms with E-state index in [1.807, 2.05) is 6.07 Å². The van der Waals surface area contributed by atoms with Crippen LogP contribution in [0.25, 0.3) is 11.0 Å². The van der Waals surface area contributed by atoms with Crippen LogP contribution in [0.3, 0.4) is 0 Å². The summed E-state index contributed by atoms with van der Waals surface area (Å²) in [6.45, 7) is 0. The number of pyridine rings is 1. The van der Waals surface area contributed by atoms with Crippen molar-refractivity contribution < 1.29 is 14.6 Å². The maximum atomic E-state index is 11.2. The maximum Gasteiger partial charge on any atom is 0.337 e. The topological polar surface area (TPSA) is 99.0 Å². The Balaban J connectivity index is 2.00. The lowest BCUT2D eigenvalue weighted by Crippen LogP contribution is -1.97. The Kier molecular flexibility index (Phi) is 3.41. The molecule has 22 heavy (non-hydrogen) atoms. The summed E-state index contributed by atoms with van der Waals surface area (Å²) in [4.78, 5) is 18.1. The molecular formula is C15H8ClN3O3. The number of aromatic nitrogens is 2. The van der Waals surface area contributed by atoms with Crippen molar-refractivity contribution in [1.82, 2.24) is 9.97 Å². The van der Waals surface area contributed by atoms with Gasteiger partial charge in [0.25, 0.3) is 0 Å². The van der Waals surface area contributed by atoms with Crippen molar-refractivity contribution in [3.05, 3.63) is 52.7 Å². The number of hydrogen-bond acceptors (Lipinski definition) is 4. The molecule has 0 unspecified atom stereocenters. The molecule has 0 aliphatic carbocycles. The first kappa shape index (κ1) is 13.9. The van der Waals surface area contributed by atoms with Gasteiger partial charge in [-0.05, 0) is 18.2 Å². The Hall–Kier alpha value is -3.04. The lowest BCUT2D eigenvalue weighted by molar-refractivity contribution is 0.0699. The number of carboxylic acid groups (broad SMARTS) is 1. The Morgan fingerprint density at radius 2 is 2.18 bits per heavy atom. The van der Waals surface area contributed by atoms with E-state index in [9.17, 15) is 4.79 Å². The third-order valence-corrected chi connectivity index (χ3v) is 3.34.